The fourth-order valence-corrected chi connectivity index (χ4v) is 3.29. The number of amides is 1. The zero-order valence-electron chi connectivity index (χ0n) is 15.8. The van der Waals surface area contributed by atoms with Crippen LogP contribution in [0.4, 0.5) is 13.2 Å². The van der Waals surface area contributed by atoms with Gasteiger partial charge in [0.2, 0.25) is 5.91 Å². The number of carbonyl (C=O) groups excluding carboxylic acids is 2. The van der Waals surface area contributed by atoms with Crippen molar-refractivity contribution in [2.24, 2.45) is 5.73 Å². The van der Waals surface area contributed by atoms with E-state index < -0.39 is 23.4 Å². The number of halogens is 4. The minimum atomic E-state index is -4.97. The second kappa shape index (κ2) is 7.88. The van der Waals surface area contributed by atoms with Crippen LogP contribution in [-0.4, -0.2) is 33.5 Å². The predicted octanol–water partition coefficient (Wildman–Crippen LogP) is 3.38. The van der Waals surface area contributed by atoms with Crippen molar-refractivity contribution in [3.05, 3.63) is 52.0 Å². The molecule has 0 aliphatic heterocycles. The molecule has 0 saturated heterocycles. The van der Waals surface area contributed by atoms with Gasteiger partial charge in [-0.05, 0) is 42.8 Å². The molecule has 1 aromatic heterocycles. The maximum Gasteiger partial charge on any atom is 0.573 e. The smallest absolute Gasteiger partial charge is 0.406 e. The summed E-state index contributed by atoms with van der Waals surface area (Å²) in [6.45, 7) is 1.11. The molecule has 3 aromatic rings. The van der Waals surface area contributed by atoms with Gasteiger partial charge < -0.3 is 10.5 Å². The number of fused-ring (bicyclic) bond motifs is 1. The molecule has 0 saturated carbocycles. The minimum Gasteiger partial charge on any atom is -0.406 e. The number of benzene rings is 2. The van der Waals surface area contributed by atoms with Crippen LogP contribution in [0.15, 0.2) is 30.3 Å². The van der Waals surface area contributed by atoms with Crippen molar-refractivity contribution in [2.75, 3.05) is 0 Å². The van der Waals surface area contributed by atoms with E-state index in [1.54, 1.807) is 0 Å². The van der Waals surface area contributed by atoms with Gasteiger partial charge in [-0.3, -0.25) is 9.59 Å². The van der Waals surface area contributed by atoms with Crippen molar-refractivity contribution in [2.45, 2.75) is 25.2 Å². The van der Waals surface area contributed by atoms with E-state index in [-0.39, 0.29) is 39.3 Å². The predicted molar refractivity (Wildman–Crippen MR) is 103 cm³/mol. The lowest BCUT2D eigenvalue weighted by Gasteiger charge is -2.24. The van der Waals surface area contributed by atoms with Gasteiger partial charge in [-0.1, -0.05) is 11.6 Å². The number of aromatic nitrogens is 3. The van der Waals surface area contributed by atoms with Crippen molar-refractivity contribution < 1.29 is 27.5 Å². The van der Waals surface area contributed by atoms with Gasteiger partial charge in [-0.25, -0.2) is 0 Å². The second-order valence-corrected chi connectivity index (χ2v) is 7.21. The third-order valence-corrected chi connectivity index (χ3v) is 4.66. The largest absolute Gasteiger partial charge is 0.573 e. The van der Waals surface area contributed by atoms with Crippen molar-refractivity contribution in [3.8, 4) is 11.8 Å². The van der Waals surface area contributed by atoms with Gasteiger partial charge in [0.25, 0.3) is 0 Å². The number of alkyl halides is 3. The van der Waals surface area contributed by atoms with E-state index in [0.29, 0.717) is 6.29 Å². The summed E-state index contributed by atoms with van der Waals surface area (Å²) in [4.78, 5) is 24.2. The second-order valence-electron chi connectivity index (χ2n) is 6.77. The highest BCUT2D eigenvalue weighted by Crippen LogP contribution is 2.33. The van der Waals surface area contributed by atoms with Crippen LogP contribution < -0.4 is 10.5 Å². The standard InChI is InChI=1S/C19H13ClF3N5O3/c1-18(8-24,9-28-26-15-5-11(20)4-10(7-29)16(15)27-28)14-6-12(31-19(21,22)23)2-3-13(14)17(25)30/h2-7H,9H2,1H3,(H2,25,30). The quantitative estimate of drug-likeness (QED) is 0.573. The molecule has 1 amide bonds. The highest BCUT2D eigenvalue weighted by atomic mass is 35.5. The topological polar surface area (TPSA) is 124 Å². The number of carbonyl (C=O) groups is 2. The Balaban J connectivity index is 2.10. The Labute approximate surface area is 177 Å². The first-order valence-corrected chi connectivity index (χ1v) is 8.94. The first-order valence-electron chi connectivity index (χ1n) is 8.56. The van der Waals surface area contributed by atoms with E-state index in [1.165, 1.54) is 19.1 Å². The first-order chi connectivity index (χ1) is 14.5. The lowest BCUT2D eigenvalue weighted by molar-refractivity contribution is -0.274. The number of aldehydes is 1. The molecule has 0 fully saturated rings. The third-order valence-electron chi connectivity index (χ3n) is 4.44. The number of hydrogen-bond acceptors (Lipinski definition) is 6. The molecule has 12 heteroatoms. The summed E-state index contributed by atoms with van der Waals surface area (Å²) >= 11 is 5.95. The average Bonchev–Trinajstić information content (AvgIpc) is 3.07. The number of nitriles is 1. The average molecular weight is 452 g/mol. The van der Waals surface area contributed by atoms with Crippen LogP contribution in [-0.2, 0) is 12.0 Å². The lowest BCUT2D eigenvalue weighted by atomic mass is 9.81. The Hall–Kier alpha value is -3.65. The Morgan fingerprint density at radius 1 is 1.32 bits per heavy atom. The molecule has 2 N–H and O–H groups in total. The molecule has 1 atom stereocenters. The van der Waals surface area contributed by atoms with Crippen LogP contribution in [0.1, 0.15) is 33.2 Å². The molecule has 1 unspecified atom stereocenters. The first kappa shape index (κ1) is 22.0. The highest BCUT2D eigenvalue weighted by molar-refractivity contribution is 6.31. The molecule has 0 bridgehead atoms. The Kier molecular flexibility index (Phi) is 5.61. The van der Waals surface area contributed by atoms with E-state index in [0.717, 1.165) is 23.0 Å². The molecule has 8 nitrogen and oxygen atoms in total. The number of primary amides is 1. The molecule has 0 aliphatic carbocycles. The van der Waals surface area contributed by atoms with Crippen LogP contribution >= 0.6 is 11.6 Å². The van der Waals surface area contributed by atoms with E-state index in [9.17, 15) is 28.0 Å². The van der Waals surface area contributed by atoms with Gasteiger partial charge >= 0.3 is 6.36 Å². The number of rotatable bonds is 6. The Morgan fingerprint density at radius 2 is 2.03 bits per heavy atom. The molecule has 31 heavy (non-hydrogen) atoms. The van der Waals surface area contributed by atoms with Crippen LogP contribution in [0.25, 0.3) is 11.0 Å². The summed E-state index contributed by atoms with van der Waals surface area (Å²) in [7, 11) is 0. The summed E-state index contributed by atoms with van der Waals surface area (Å²) in [5.74, 6) is -1.56. The molecule has 0 aliphatic rings. The van der Waals surface area contributed by atoms with Crippen molar-refractivity contribution >= 4 is 34.8 Å². The maximum atomic E-state index is 12.6. The van der Waals surface area contributed by atoms with Gasteiger partial charge in [0.05, 0.1) is 12.6 Å². The van der Waals surface area contributed by atoms with Crippen molar-refractivity contribution in [1.29, 1.82) is 5.26 Å². The fourth-order valence-electron chi connectivity index (χ4n) is 3.07. The van der Waals surface area contributed by atoms with Gasteiger partial charge in [0.1, 0.15) is 22.2 Å². The van der Waals surface area contributed by atoms with Gasteiger partial charge in [-0.15, -0.1) is 13.2 Å². The Bertz CT molecular complexity index is 1230. The van der Waals surface area contributed by atoms with Gasteiger partial charge in [0.15, 0.2) is 6.29 Å². The molecule has 1 heterocycles. The third kappa shape index (κ3) is 4.59. The van der Waals surface area contributed by atoms with Crippen LogP contribution in [0.3, 0.4) is 0 Å². The minimum absolute atomic E-state index is 0.0979. The molecule has 160 valence electrons. The highest BCUT2D eigenvalue weighted by Gasteiger charge is 2.35. The number of nitrogens with zero attached hydrogens (tertiary/aromatic N) is 4. The van der Waals surface area contributed by atoms with Crippen molar-refractivity contribution in [1.82, 2.24) is 15.0 Å². The summed E-state index contributed by atoms with van der Waals surface area (Å²) < 4.78 is 41.8. The lowest BCUT2D eigenvalue weighted by Crippen LogP contribution is -2.31. The monoisotopic (exact) mass is 451 g/mol. The number of ether oxygens (including phenoxy) is 1. The van der Waals surface area contributed by atoms with Gasteiger partial charge in [-0.2, -0.15) is 20.3 Å². The molecular weight excluding hydrogens is 439 g/mol. The number of hydrogen-bond donors (Lipinski definition) is 1. The van der Waals surface area contributed by atoms with E-state index >= 15 is 0 Å². The summed E-state index contributed by atoms with van der Waals surface area (Å²) in [5.41, 5.74) is 4.18. The summed E-state index contributed by atoms with van der Waals surface area (Å²) in [5, 5.41) is 18.4. The molecule has 0 spiro atoms. The normalized spacial score (nSPS) is 13.4. The summed E-state index contributed by atoms with van der Waals surface area (Å²) in [6, 6.07) is 7.72. The van der Waals surface area contributed by atoms with E-state index in [4.69, 9.17) is 17.3 Å². The fraction of sp³-hybridized carbons (Fsp3) is 0.211. The van der Waals surface area contributed by atoms with Gasteiger partial charge in [0, 0.05) is 16.1 Å². The SMILES string of the molecule is CC(C#N)(Cn1nc2cc(Cl)cc(C=O)c2n1)c1cc(OC(F)(F)F)ccc1C(N)=O. The summed E-state index contributed by atoms with van der Waals surface area (Å²) in [6.07, 6.45) is -4.43. The van der Waals surface area contributed by atoms with Crippen LogP contribution in [0.2, 0.25) is 5.02 Å². The van der Waals surface area contributed by atoms with Crippen LogP contribution in [0, 0.1) is 11.3 Å². The molecule has 3 rings (SSSR count). The zero-order valence-corrected chi connectivity index (χ0v) is 16.5. The molecule has 0 radical (unpaired) electrons. The molecular formula is C19H13ClF3N5O3. The van der Waals surface area contributed by atoms with E-state index in [2.05, 4.69) is 14.9 Å². The zero-order chi connectivity index (χ0) is 23.0. The number of nitrogens with two attached hydrogens (primary N) is 1. The molecule has 2 aromatic carbocycles. The van der Waals surface area contributed by atoms with E-state index in [1.807, 2.05) is 6.07 Å². The maximum absolute atomic E-state index is 12.6. The van der Waals surface area contributed by atoms with Crippen molar-refractivity contribution in [3.63, 3.8) is 0 Å². The Morgan fingerprint density at radius 3 is 2.61 bits per heavy atom. The van der Waals surface area contributed by atoms with Crippen LogP contribution in [0.5, 0.6) is 5.75 Å².